The van der Waals surface area contributed by atoms with Crippen LogP contribution in [0.4, 0.5) is 4.39 Å². The quantitative estimate of drug-likeness (QED) is 0.506. The zero-order valence-electron chi connectivity index (χ0n) is 10.2. The largest absolute Gasteiger partial charge is 0.493 e. The van der Waals surface area contributed by atoms with E-state index < -0.39 is 5.82 Å². The normalized spacial score (nSPS) is 11.7. The average molecular weight is 269 g/mol. The summed E-state index contributed by atoms with van der Waals surface area (Å²) in [5.41, 5.74) is 0.980. The predicted octanol–water partition coefficient (Wildman–Crippen LogP) is 3.12. The van der Waals surface area contributed by atoms with Gasteiger partial charge in [0, 0.05) is 24.5 Å². The van der Waals surface area contributed by atoms with Gasteiger partial charge in [-0.15, -0.1) is 0 Å². The summed E-state index contributed by atoms with van der Waals surface area (Å²) < 4.78 is 18.2. The van der Waals surface area contributed by atoms with Crippen LogP contribution in [0.3, 0.4) is 0 Å². The lowest BCUT2D eigenvalue weighted by atomic mass is 10.2. The van der Waals surface area contributed by atoms with Gasteiger partial charge in [-0.25, -0.2) is 4.39 Å². The molecule has 0 spiro atoms. The summed E-state index contributed by atoms with van der Waals surface area (Å²) in [7, 11) is 3.26. The first-order valence-corrected chi connectivity index (χ1v) is 5.55. The fraction of sp³-hybridized carbons (Fsp3) is 0.154. The van der Waals surface area contributed by atoms with Crippen LogP contribution in [0.5, 0.6) is 0 Å². The van der Waals surface area contributed by atoms with E-state index in [1.165, 1.54) is 25.5 Å². The smallest absolute Gasteiger partial charge is 0.159 e. The molecule has 3 nitrogen and oxygen atoms in total. The number of rotatable bonds is 5. The molecule has 0 heterocycles. The van der Waals surface area contributed by atoms with Gasteiger partial charge in [-0.1, -0.05) is 18.2 Å². The van der Waals surface area contributed by atoms with Crippen LogP contribution in [0.25, 0.3) is 0 Å². The van der Waals surface area contributed by atoms with Gasteiger partial charge in [0.2, 0.25) is 0 Å². The Morgan fingerprint density at radius 2 is 2.22 bits per heavy atom. The van der Waals surface area contributed by atoms with E-state index in [9.17, 15) is 4.39 Å². The van der Waals surface area contributed by atoms with Crippen molar-refractivity contribution in [2.75, 3.05) is 14.2 Å². The summed E-state index contributed by atoms with van der Waals surface area (Å²) in [5, 5.41) is 3.13. The second kappa shape index (κ2) is 6.81. The molecule has 0 radical (unpaired) electrons. The fourth-order valence-corrected chi connectivity index (χ4v) is 1.49. The van der Waals surface area contributed by atoms with Crippen LogP contribution >= 0.6 is 11.6 Å². The van der Waals surface area contributed by atoms with E-state index in [1.807, 2.05) is 0 Å². The zero-order valence-corrected chi connectivity index (χ0v) is 11.0. The van der Waals surface area contributed by atoms with E-state index in [2.05, 4.69) is 16.9 Å². The lowest BCUT2D eigenvalue weighted by molar-refractivity contribution is 0.298. The van der Waals surface area contributed by atoms with E-state index in [-0.39, 0.29) is 0 Å². The Balaban J connectivity index is 2.86. The van der Waals surface area contributed by atoms with Gasteiger partial charge in [0.05, 0.1) is 12.8 Å². The van der Waals surface area contributed by atoms with E-state index in [0.717, 1.165) is 0 Å². The van der Waals surface area contributed by atoms with Crippen LogP contribution in [-0.2, 0) is 4.74 Å². The molecular weight excluding hydrogens is 255 g/mol. The maximum atomic E-state index is 13.1. The number of hydrogen-bond donors (Lipinski definition) is 1. The van der Waals surface area contributed by atoms with E-state index in [0.29, 0.717) is 22.0 Å². The Morgan fingerprint density at radius 1 is 1.50 bits per heavy atom. The van der Waals surface area contributed by atoms with Gasteiger partial charge < -0.3 is 10.1 Å². The third-order valence-electron chi connectivity index (χ3n) is 2.03. The molecule has 1 aromatic carbocycles. The molecule has 96 valence electrons. The molecule has 0 amide bonds. The molecular formula is C13H14ClFN2O. The highest BCUT2D eigenvalue weighted by atomic mass is 35.5. The SMILES string of the molecule is C=C(N=Cc1cc(F)cc(Cl)c1)/C(=C\NC)OC. The molecule has 0 atom stereocenters. The number of methoxy groups -OCH3 is 1. The molecule has 0 aliphatic heterocycles. The molecule has 0 aliphatic carbocycles. The van der Waals surface area contributed by atoms with Gasteiger partial charge in [-0.05, 0) is 23.8 Å². The number of nitrogens with zero attached hydrogens (tertiary/aromatic N) is 1. The molecule has 1 N–H and O–H groups in total. The number of ether oxygens (including phenoxy) is 1. The molecule has 5 heteroatoms. The summed E-state index contributed by atoms with van der Waals surface area (Å²) in [6.07, 6.45) is 3.10. The van der Waals surface area contributed by atoms with E-state index >= 15 is 0 Å². The summed E-state index contributed by atoms with van der Waals surface area (Å²) in [6, 6.07) is 4.17. The molecule has 0 saturated heterocycles. The topological polar surface area (TPSA) is 33.6 Å². The summed E-state index contributed by atoms with van der Waals surface area (Å²) in [4.78, 5) is 4.09. The monoisotopic (exact) mass is 268 g/mol. The second-order valence-corrected chi connectivity index (χ2v) is 3.85. The number of aliphatic imine (C=N–C) groups is 1. The molecule has 0 bridgehead atoms. The highest BCUT2D eigenvalue weighted by molar-refractivity contribution is 6.30. The fourth-order valence-electron chi connectivity index (χ4n) is 1.26. The Hall–Kier alpha value is -1.81. The van der Waals surface area contributed by atoms with Crippen molar-refractivity contribution in [2.24, 2.45) is 4.99 Å². The molecule has 0 fully saturated rings. The molecule has 1 aromatic rings. The van der Waals surface area contributed by atoms with Crippen molar-refractivity contribution in [3.05, 3.63) is 58.8 Å². The highest BCUT2D eigenvalue weighted by Crippen LogP contribution is 2.14. The Morgan fingerprint density at radius 3 is 2.78 bits per heavy atom. The Labute approximate surface area is 111 Å². The van der Waals surface area contributed by atoms with Gasteiger partial charge in [0.1, 0.15) is 5.82 Å². The van der Waals surface area contributed by atoms with Crippen LogP contribution in [0.1, 0.15) is 5.56 Å². The van der Waals surface area contributed by atoms with Crippen LogP contribution < -0.4 is 5.32 Å². The third-order valence-corrected chi connectivity index (χ3v) is 2.25. The van der Waals surface area contributed by atoms with Crippen molar-refractivity contribution in [1.29, 1.82) is 0 Å². The highest BCUT2D eigenvalue weighted by Gasteiger charge is 2.00. The first-order chi connectivity index (χ1) is 8.56. The molecule has 18 heavy (non-hydrogen) atoms. The van der Waals surface area contributed by atoms with Crippen molar-refractivity contribution < 1.29 is 9.13 Å². The predicted molar refractivity (Wildman–Crippen MR) is 72.3 cm³/mol. The number of halogens is 2. The third kappa shape index (κ3) is 4.22. The molecule has 0 aromatic heterocycles. The van der Waals surface area contributed by atoms with Crippen molar-refractivity contribution in [1.82, 2.24) is 5.32 Å². The van der Waals surface area contributed by atoms with Crippen molar-refractivity contribution in [2.45, 2.75) is 0 Å². The number of nitrogens with one attached hydrogen (secondary N) is 1. The standard InChI is InChI=1S/C13H14ClFN2O/c1-9(13(18-3)8-16-2)17-7-10-4-11(14)6-12(15)5-10/h4-8,16H,1H2,2-3H3/b13-8+,17-7?. The molecule has 1 rings (SSSR count). The van der Waals surface area contributed by atoms with Crippen LogP contribution in [0, 0.1) is 5.82 Å². The van der Waals surface area contributed by atoms with Gasteiger partial charge >= 0.3 is 0 Å². The summed E-state index contributed by atoms with van der Waals surface area (Å²) in [5.74, 6) is 0.0866. The van der Waals surface area contributed by atoms with Crippen LogP contribution in [0.2, 0.25) is 5.02 Å². The summed E-state index contributed by atoms with van der Waals surface area (Å²) in [6.45, 7) is 3.75. The average Bonchev–Trinajstić information content (AvgIpc) is 2.32. The Bertz CT molecular complexity index is 478. The molecule has 0 unspecified atom stereocenters. The lowest BCUT2D eigenvalue weighted by Crippen LogP contribution is -1.99. The van der Waals surface area contributed by atoms with E-state index in [4.69, 9.17) is 16.3 Å². The first-order valence-electron chi connectivity index (χ1n) is 5.17. The van der Waals surface area contributed by atoms with Crippen molar-refractivity contribution in [3.8, 4) is 0 Å². The molecule has 0 aliphatic rings. The number of hydrogen-bond acceptors (Lipinski definition) is 3. The van der Waals surface area contributed by atoms with Crippen molar-refractivity contribution >= 4 is 17.8 Å². The van der Waals surface area contributed by atoms with Crippen LogP contribution in [-0.4, -0.2) is 20.4 Å². The second-order valence-electron chi connectivity index (χ2n) is 3.41. The molecule has 0 saturated carbocycles. The minimum atomic E-state index is -0.410. The van der Waals surface area contributed by atoms with Crippen LogP contribution in [0.15, 0.2) is 47.4 Å². The first kappa shape index (κ1) is 14.3. The zero-order chi connectivity index (χ0) is 13.5. The minimum Gasteiger partial charge on any atom is -0.493 e. The lowest BCUT2D eigenvalue weighted by Gasteiger charge is -2.04. The van der Waals surface area contributed by atoms with E-state index in [1.54, 1.807) is 19.3 Å². The Kier molecular flexibility index (Phi) is 5.39. The van der Waals surface area contributed by atoms with Gasteiger partial charge in [-0.2, -0.15) is 0 Å². The maximum absolute atomic E-state index is 13.1. The minimum absolute atomic E-state index is 0.319. The maximum Gasteiger partial charge on any atom is 0.159 e. The number of benzene rings is 1. The van der Waals surface area contributed by atoms with Gasteiger partial charge in [-0.3, -0.25) is 4.99 Å². The summed E-state index contributed by atoms with van der Waals surface area (Å²) >= 11 is 5.73. The van der Waals surface area contributed by atoms with Gasteiger partial charge in [0.15, 0.2) is 5.76 Å². The van der Waals surface area contributed by atoms with Crippen molar-refractivity contribution in [3.63, 3.8) is 0 Å². The van der Waals surface area contributed by atoms with Gasteiger partial charge in [0.25, 0.3) is 0 Å².